The summed E-state index contributed by atoms with van der Waals surface area (Å²) >= 11 is 0. The first-order valence-electron chi connectivity index (χ1n) is 21.8. The minimum Gasteiger partial charge on any atom is -0.310 e. The smallest absolute Gasteiger partial charge is 0.0468 e. The van der Waals surface area contributed by atoms with Gasteiger partial charge in [-0.25, -0.2) is 0 Å². The molecule has 298 valence electrons. The number of hydrogen-bond acceptors (Lipinski definition) is 2. The van der Waals surface area contributed by atoms with Crippen molar-refractivity contribution >= 4 is 34.1 Å². The zero-order valence-corrected chi connectivity index (χ0v) is 35.7. The molecule has 0 spiro atoms. The molecule has 2 aliphatic rings. The number of anilines is 6. The van der Waals surface area contributed by atoms with Gasteiger partial charge in [0.2, 0.25) is 0 Å². The standard InChI is InChI=1S/C60H48N2/c1-59(2)55-26-16-14-24-50(55)52-36-33-47(39-57(52)59)61(43-20-10-6-11-21-43)45-30-28-42(29-31-45)49-35-32-46(38-54(49)41-18-8-5-9-19-41)62(44-22-12-7-13-23-44)48-34-37-53-51-25-15-17-27-56(51)60(3,4)58(53)40-48/h5-40H,1-4H3. The van der Waals surface area contributed by atoms with Gasteiger partial charge in [-0.15, -0.1) is 0 Å². The first-order valence-corrected chi connectivity index (χ1v) is 21.8. The van der Waals surface area contributed by atoms with Gasteiger partial charge in [-0.2, -0.15) is 0 Å². The largest absolute Gasteiger partial charge is 0.310 e. The van der Waals surface area contributed by atoms with Gasteiger partial charge in [-0.3, -0.25) is 0 Å². The molecule has 9 aromatic rings. The van der Waals surface area contributed by atoms with Gasteiger partial charge in [0.1, 0.15) is 0 Å². The lowest BCUT2D eigenvalue weighted by Gasteiger charge is -2.29. The molecule has 0 aromatic heterocycles. The Morgan fingerprint density at radius 3 is 1.08 bits per heavy atom. The lowest BCUT2D eigenvalue weighted by molar-refractivity contribution is 0.660. The highest BCUT2D eigenvalue weighted by Gasteiger charge is 2.37. The van der Waals surface area contributed by atoms with Crippen molar-refractivity contribution in [3.8, 4) is 44.5 Å². The van der Waals surface area contributed by atoms with E-state index >= 15 is 0 Å². The van der Waals surface area contributed by atoms with Crippen LogP contribution in [0.4, 0.5) is 34.1 Å². The molecule has 2 heteroatoms. The number of fused-ring (bicyclic) bond motifs is 6. The maximum Gasteiger partial charge on any atom is 0.0468 e. The first kappa shape index (κ1) is 37.6. The molecule has 2 nitrogen and oxygen atoms in total. The fourth-order valence-electron chi connectivity index (χ4n) is 10.3. The number of rotatable bonds is 8. The van der Waals surface area contributed by atoms with E-state index in [2.05, 4.69) is 256 Å². The van der Waals surface area contributed by atoms with Crippen LogP contribution in [0, 0.1) is 0 Å². The third-order valence-electron chi connectivity index (χ3n) is 13.5. The molecule has 0 fully saturated rings. The van der Waals surface area contributed by atoms with E-state index in [0.29, 0.717) is 0 Å². The van der Waals surface area contributed by atoms with Gasteiger partial charge in [0.15, 0.2) is 0 Å². The lowest BCUT2D eigenvalue weighted by atomic mass is 9.82. The third-order valence-corrected chi connectivity index (χ3v) is 13.5. The quantitative estimate of drug-likeness (QED) is 0.151. The molecule has 2 aliphatic carbocycles. The Hall–Kier alpha value is -7.42. The van der Waals surface area contributed by atoms with Crippen molar-refractivity contribution in [2.24, 2.45) is 0 Å². The summed E-state index contributed by atoms with van der Waals surface area (Å²) in [7, 11) is 0. The summed E-state index contributed by atoms with van der Waals surface area (Å²) in [5, 5.41) is 0. The van der Waals surface area contributed by atoms with Gasteiger partial charge in [0.05, 0.1) is 0 Å². The number of nitrogens with zero attached hydrogens (tertiary/aromatic N) is 2. The predicted molar refractivity (Wildman–Crippen MR) is 262 cm³/mol. The van der Waals surface area contributed by atoms with E-state index in [1.54, 1.807) is 0 Å². The van der Waals surface area contributed by atoms with Crippen LogP contribution in [-0.2, 0) is 10.8 Å². The minimum absolute atomic E-state index is 0.0900. The Balaban J connectivity index is 1.01. The van der Waals surface area contributed by atoms with Gasteiger partial charge < -0.3 is 9.80 Å². The maximum atomic E-state index is 2.41. The van der Waals surface area contributed by atoms with Crippen LogP contribution in [0.5, 0.6) is 0 Å². The third kappa shape index (κ3) is 6.09. The summed E-state index contributed by atoms with van der Waals surface area (Å²) in [4.78, 5) is 4.80. The molecule has 0 amide bonds. The molecule has 0 N–H and O–H groups in total. The van der Waals surface area contributed by atoms with E-state index in [1.807, 2.05) is 0 Å². The lowest BCUT2D eigenvalue weighted by Crippen LogP contribution is -2.16. The van der Waals surface area contributed by atoms with Crippen molar-refractivity contribution in [1.29, 1.82) is 0 Å². The SMILES string of the molecule is CC1(C)c2ccccc2-c2ccc(N(c3ccccc3)c3ccc(-c4ccc(N(c5ccccc5)c5ccc6c(c5)C(C)(C)c5ccccc5-6)cc4-c4ccccc4)cc3)cc21. The normalized spacial score (nSPS) is 13.7. The zero-order valence-electron chi connectivity index (χ0n) is 35.7. The summed E-state index contributed by atoms with van der Waals surface area (Å²) < 4.78 is 0. The molecule has 9 aromatic carbocycles. The molecule has 0 unspecified atom stereocenters. The second-order valence-corrected chi connectivity index (χ2v) is 17.8. The van der Waals surface area contributed by atoms with Crippen LogP contribution in [0.2, 0.25) is 0 Å². The van der Waals surface area contributed by atoms with Gasteiger partial charge >= 0.3 is 0 Å². The fourth-order valence-corrected chi connectivity index (χ4v) is 10.3. The number of benzene rings is 9. The van der Waals surface area contributed by atoms with Crippen LogP contribution in [0.3, 0.4) is 0 Å². The van der Waals surface area contributed by atoms with E-state index < -0.39 is 0 Å². The summed E-state index contributed by atoms with van der Waals surface area (Å²) in [6.07, 6.45) is 0. The highest BCUT2D eigenvalue weighted by molar-refractivity contribution is 5.92. The van der Waals surface area contributed by atoms with Gasteiger partial charge in [0.25, 0.3) is 0 Å². The van der Waals surface area contributed by atoms with Crippen molar-refractivity contribution in [2.45, 2.75) is 38.5 Å². The average molecular weight is 797 g/mol. The van der Waals surface area contributed by atoms with Crippen LogP contribution in [-0.4, -0.2) is 0 Å². The molecule has 0 bridgehead atoms. The molecule has 0 atom stereocenters. The summed E-state index contributed by atoms with van der Waals surface area (Å²) in [6, 6.07) is 80.2. The second-order valence-electron chi connectivity index (χ2n) is 17.8. The Morgan fingerprint density at radius 1 is 0.242 bits per heavy atom. The first-order chi connectivity index (χ1) is 30.3. The van der Waals surface area contributed by atoms with Crippen LogP contribution < -0.4 is 9.80 Å². The molecule has 11 rings (SSSR count). The highest BCUT2D eigenvalue weighted by Crippen LogP contribution is 2.52. The minimum atomic E-state index is -0.103. The van der Waals surface area contributed by atoms with Crippen LogP contribution >= 0.6 is 0 Å². The Bertz CT molecular complexity index is 3110. The topological polar surface area (TPSA) is 6.48 Å². The van der Waals surface area contributed by atoms with Crippen molar-refractivity contribution in [3.05, 3.63) is 241 Å². The average Bonchev–Trinajstić information content (AvgIpc) is 3.69. The Labute approximate surface area is 366 Å². The molecular formula is C60H48N2. The van der Waals surface area contributed by atoms with E-state index in [9.17, 15) is 0 Å². The van der Waals surface area contributed by atoms with Gasteiger partial charge in [0, 0.05) is 45.0 Å². The van der Waals surface area contributed by atoms with Crippen LogP contribution in [0.15, 0.2) is 218 Å². The van der Waals surface area contributed by atoms with Gasteiger partial charge in [-0.05, 0) is 140 Å². The molecule has 0 aliphatic heterocycles. The van der Waals surface area contributed by atoms with E-state index in [0.717, 1.165) is 34.1 Å². The van der Waals surface area contributed by atoms with Crippen molar-refractivity contribution in [3.63, 3.8) is 0 Å². The van der Waals surface area contributed by atoms with E-state index in [-0.39, 0.29) is 10.8 Å². The van der Waals surface area contributed by atoms with Crippen molar-refractivity contribution in [1.82, 2.24) is 0 Å². The summed E-state index contributed by atoms with van der Waals surface area (Å²) in [6.45, 7) is 9.41. The Morgan fingerprint density at radius 2 is 0.581 bits per heavy atom. The molecule has 0 radical (unpaired) electrons. The van der Waals surface area contributed by atoms with E-state index in [1.165, 1.54) is 66.8 Å². The molecule has 0 saturated heterocycles. The van der Waals surface area contributed by atoms with Crippen molar-refractivity contribution in [2.75, 3.05) is 9.80 Å². The summed E-state index contributed by atoms with van der Waals surface area (Å²) in [5.74, 6) is 0. The number of hydrogen-bond donors (Lipinski definition) is 0. The molecular weight excluding hydrogens is 749 g/mol. The fraction of sp³-hybridized carbons (Fsp3) is 0.100. The van der Waals surface area contributed by atoms with Crippen LogP contribution in [0.25, 0.3) is 44.5 Å². The number of para-hydroxylation sites is 2. The highest BCUT2D eigenvalue weighted by atomic mass is 15.1. The summed E-state index contributed by atoms with van der Waals surface area (Å²) in [5.41, 5.74) is 22.1. The molecule has 0 saturated carbocycles. The zero-order chi connectivity index (χ0) is 42.0. The van der Waals surface area contributed by atoms with E-state index in [4.69, 9.17) is 0 Å². The molecule has 62 heavy (non-hydrogen) atoms. The maximum absolute atomic E-state index is 2.41. The predicted octanol–water partition coefficient (Wildman–Crippen LogP) is 16.6. The van der Waals surface area contributed by atoms with Crippen LogP contribution in [0.1, 0.15) is 49.9 Å². The second kappa shape index (κ2) is 14.6. The Kier molecular flexibility index (Phi) is 8.87. The molecule has 0 heterocycles. The van der Waals surface area contributed by atoms with Crippen molar-refractivity contribution < 1.29 is 0 Å². The van der Waals surface area contributed by atoms with Gasteiger partial charge in [-0.1, -0.05) is 173 Å². The monoisotopic (exact) mass is 796 g/mol.